The molecule has 0 saturated heterocycles. The van der Waals surface area contributed by atoms with Crippen molar-refractivity contribution in [3.8, 4) is 0 Å². The number of hydrogen-bond donors (Lipinski definition) is 8. The number of aliphatic hydroxyl groups is 2. The molecule has 25 nitrogen and oxygen atoms in total. The van der Waals surface area contributed by atoms with Crippen molar-refractivity contribution in [1.29, 1.82) is 0 Å². The van der Waals surface area contributed by atoms with E-state index in [1.165, 1.54) is 43.3 Å². The zero-order valence-corrected chi connectivity index (χ0v) is 42.0. The fraction of sp³-hybridized carbons (Fsp3) is 0.264. The minimum absolute atomic E-state index is 0.185. The summed E-state index contributed by atoms with van der Waals surface area (Å²) >= 11 is 0. The Kier molecular flexibility index (Phi) is 18.1. The van der Waals surface area contributed by atoms with E-state index >= 15 is 0 Å². The smallest absolute Gasteiger partial charge is 0.268 e. The summed E-state index contributed by atoms with van der Waals surface area (Å²) in [6.07, 6.45) is 1.92. The zero-order valence-electron chi connectivity index (χ0n) is 42.0. The number of aromatic nitrogens is 3. The normalized spacial score (nSPS) is 15.7. The van der Waals surface area contributed by atoms with Gasteiger partial charge in [-0.25, -0.2) is 4.98 Å². The number of rotatable bonds is 18. The molecule has 8 N–H and O–H groups in total. The molecule has 404 valence electrons. The third kappa shape index (κ3) is 13.2. The van der Waals surface area contributed by atoms with Crippen LogP contribution in [0.1, 0.15) is 47.5 Å². The van der Waals surface area contributed by atoms with Crippen LogP contribution in [0.5, 0.6) is 0 Å². The molecule has 6 aromatic rings. The number of Topliss-reactive ketones (excluding diaryl/α,β-unsaturated/α-hetero) is 2. The Hall–Kier alpha value is -9.75. The monoisotopic (exact) mass is 1070 g/mol. The molecular formula is C53H53N11O14. The minimum atomic E-state index is -1.30. The van der Waals surface area contributed by atoms with Gasteiger partial charge in [-0.15, -0.1) is 0 Å². The van der Waals surface area contributed by atoms with Gasteiger partial charge in [0.15, 0.2) is 0 Å². The fourth-order valence-electron chi connectivity index (χ4n) is 8.78. The molecule has 4 aromatic carbocycles. The molecule has 0 radical (unpaired) electrons. The van der Waals surface area contributed by atoms with Gasteiger partial charge in [0.2, 0.25) is 11.8 Å². The van der Waals surface area contributed by atoms with Crippen LogP contribution in [-0.4, -0.2) is 160 Å². The lowest BCUT2D eigenvalue weighted by Gasteiger charge is -2.25. The molecule has 8 rings (SSSR count). The standard InChI is InChI=1S/C27H27N5O7.C26H26N6O7/c1-16(35)10-18(14-33)28-24(36)13-32-23-9-5-4-8-22(23)31(25(37)15-34)12-21(27(32)39)30-26(38)20-11-17-6-2-3-7-19(17)29-20;1-15(35)8-17(12-33)29-23(36)11-32-22-5-3-2-4-21(22)31(24(37)13-34)10-20(26(32)39)30-25(38)16-6-7-18-19(9-16)28-14-27-18/h2-9,11,14,18,21,29,34H,10,12-13,15H2,1H3,(H,28,36)(H,30,38);2-7,9,12,14,17,20,34H,8,10-11,13H2,1H3,(H,27,28)(H,29,36)(H,30,38)/t18-,21-;17-,20-/m00/s1. The number of H-pyrrole nitrogens is 2. The number of nitrogens with zero attached hydrogens (tertiary/aromatic N) is 5. The molecule has 8 amide bonds. The maximum atomic E-state index is 13.8. The molecule has 0 fully saturated rings. The number of amides is 8. The van der Waals surface area contributed by atoms with E-state index in [0.29, 0.717) is 29.1 Å². The summed E-state index contributed by atoms with van der Waals surface area (Å²) in [5.74, 6) is -6.11. The second kappa shape index (κ2) is 25.2. The van der Waals surface area contributed by atoms with Crippen LogP contribution in [0.4, 0.5) is 22.7 Å². The topological polar surface area (TPSA) is 351 Å². The first-order valence-corrected chi connectivity index (χ1v) is 24.2. The molecule has 0 spiro atoms. The quantitative estimate of drug-likeness (QED) is 0.0525. The van der Waals surface area contributed by atoms with Crippen LogP contribution >= 0.6 is 0 Å². The summed E-state index contributed by atoms with van der Waals surface area (Å²) in [7, 11) is 0. The van der Waals surface area contributed by atoms with E-state index in [1.807, 2.05) is 12.1 Å². The van der Waals surface area contributed by atoms with Crippen molar-refractivity contribution in [3.63, 3.8) is 0 Å². The van der Waals surface area contributed by atoms with E-state index in [2.05, 4.69) is 36.2 Å². The Bertz CT molecular complexity index is 3160. The van der Waals surface area contributed by atoms with Gasteiger partial charge in [-0.2, -0.15) is 0 Å². The number of carbonyl (C=O) groups excluding carboxylic acids is 12. The molecule has 2 aliphatic rings. The highest BCUT2D eigenvalue weighted by atomic mass is 16.3. The Morgan fingerprint density at radius 1 is 0.628 bits per heavy atom. The zero-order chi connectivity index (χ0) is 56.2. The van der Waals surface area contributed by atoms with Gasteiger partial charge in [-0.1, -0.05) is 42.5 Å². The first-order valence-electron chi connectivity index (χ1n) is 24.2. The number of aldehydes is 2. The summed E-state index contributed by atoms with van der Waals surface area (Å²) in [5.41, 5.74) is 3.24. The molecular weight excluding hydrogens is 1010 g/mol. The van der Waals surface area contributed by atoms with Gasteiger partial charge in [0.1, 0.15) is 68.2 Å². The number of anilines is 4. The van der Waals surface area contributed by atoms with Gasteiger partial charge in [-0.3, -0.25) is 57.7 Å². The van der Waals surface area contributed by atoms with Gasteiger partial charge in [0.05, 0.1) is 65.3 Å². The molecule has 0 bridgehead atoms. The maximum Gasteiger partial charge on any atom is 0.268 e. The van der Waals surface area contributed by atoms with E-state index in [1.54, 1.807) is 66.7 Å². The number of aliphatic hydroxyl groups excluding tert-OH is 2. The molecule has 0 saturated carbocycles. The number of carbonyl (C=O) groups is 12. The Morgan fingerprint density at radius 3 is 1.58 bits per heavy atom. The summed E-state index contributed by atoms with van der Waals surface area (Å²) in [6.45, 7) is -0.882. The minimum Gasteiger partial charge on any atom is -0.387 e. The van der Waals surface area contributed by atoms with Gasteiger partial charge in [0, 0.05) is 29.3 Å². The predicted octanol–water partition coefficient (Wildman–Crippen LogP) is -0.00260. The maximum absolute atomic E-state index is 13.8. The lowest BCUT2D eigenvalue weighted by molar-refractivity contribution is -0.127. The van der Waals surface area contributed by atoms with Gasteiger partial charge >= 0.3 is 0 Å². The molecule has 78 heavy (non-hydrogen) atoms. The molecule has 4 heterocycles. The number of hydrogen-bond acceptors (Lipinski definition) is 15. The van der Waals surface area contributed by atoms with Crippen molar-refractivity contribution >= 4 is 116 Å². The SMILES string of the molecule is CC(=O)C[C@@H](C=O)NC(=O)CN1C(=O)[C@@H](NC(=O)c2cc3ccccc3[nH]2)CN(C(=O)CO)c2ccccc21.CC(=O)C[C@@H](C=O)NC(=O)CN1C(=O)[C@@H](NC(=O)c2ccc3nc[nH]c3c2)CN(C(=O)CO)c2ccccc21. The van der Waals surface area contributed by atoms with Crippen molar-refractivity contribution in [2.45, 2.75) is 50.9 Å². The molecule has 2 aromatic heterocycles. The van der Waals surface area contributed by atoms with Crippen molar-refractivity contribution in [1.82, 2.24) is 36.2 Å². The van der Waals surface area contributed by atoms with Crippen molar-refractivity contribution in [2.24, 2.45) is 0 Å². The van der Waals surface area contributed by atoms with Crippen LogP contribution < -0.4 is 40.9 Å². The molecule has 0 aliphatic carbocycles. The van der Waals surface area contributed by atoms with Crippen LogP contribution in [0.25, 0.3) is 21.9 Å². The number of benzene rings is 4. The van der Waals surface area contributed by atoms with Crippen LogP contribution in [0.3, 0.4) is 0 Å². The first-order chi connectivity index (χ1) is 37.4. The summed E-state index contributed by atoms with van der Waals surface area (Å²) in [5, 5.41) is 30.1. The largest absolute Gasteiger partial charge is 0.387 e. The number of nitrogens with one attached hydrogen (secondary N) is 6. The van der Waals surface area contributed by atoms with E-state index in [9.17, 15) is 67.7 Å². The number of para-hydroxylation sites is 5. The van der Waals surface area contributed by atoms with Gasteiger partial charge in [-0.05, 0) is 68.4 Å². The average Bonchev–Trinajstić information content (AvgIpc) is 4.09. The highest BCUT2D eigenvalue weighted by Crippen LogP contribution is 2.34. The second-order valence-electron chi connectivity index (χ2n) is 18.0. The highest BCUT2D eigenvalue weighted by Gasteiger charge is 2.40. The highest BCUT2D eigenvalue weighted by molar-refractivity contribution is 6.13. The Labute approximate surface area is 443 Å². The third-order valence-corrected chi connectivity index (χ3v) is 12.4. The van der Waals surface area contributed by atoms with E-state index in [4.69, 9.17) is 0 Å². The van der Waals surface area contributed by atoms with E-state index in [-0.39, 0.29) is 71.5 Å². The van der Waals surface area contributed by atoms with Crippen LogP contribution in [0.2, 0.25) is 0 Å². The van der Waals surface area contributed by atoms with Crippen molar-refractivity contribution < 1.29 is 67.7 Å². The molecule has 25 heteroatoms. The first kappa shape index (κ1) is 56.0. The fourth-order valence-corrected chi connectivity index (χ4v) is 8.78. The van der Waals surface area contributed by atoms with Crippen molar-refractivity contribution in [2.75, 3.05) is 59.0 Å². The molecule has 2 aliphatic heterocycles. The summed E-state index contributed by atoms with van der Waals surface area (Å²) in [6, 6.07) is 21.4. The molecule has 4 atom stereocenters. The predicted molar refractivity (Wildman–Crippen MR) is 280 cm³/mol. The number of aromatic amines is 2. The van der Waals surface area contributed by atoms with Gasteiger partial charge in [0.25, 0.3) is 35.4 Å². The summed E-state index contributed by atoms with van der Waals surface area (Å²) in [4.78, 5) is 165. The Balaban J connectivity index is 0.000000226. The average molecular weight is 1070 g/mol. The summed E-state index contributed by atoms with van der Waals surface area (Å²) < 4.78 is 0. The van der Waals surface area contributed by atoms with Crippen molar-refractivity contribution in [3.05, 3.63) is 115 Å². The van der Waals surface area contributed by atoms with Crippen LogP contribution in [0.15, 0.2) is 103 Å². The Morgan fingerprint density at radius 2 is 1.10 bits per heavy atom. The number of imidazole rings is 1. The third-order valence-electron chi connectivity index (χ3n) is 12.4. The van der Waals surface area contributed by atoms with Crippen LogP contribution in [-0.2, 0) is 47.9 Å². The number of fused-ring (bicyclic) bond motifs is 4. The van der Waals surface area contributed by atoms with Gasteiger partial charge < -0.3 is 60.8 Å². The number of ketones is 2. The van der Waals surface area contributed by atoms with Crippen LogP contribution in [0, 0.1) is 0 Å². The lowest BCUT2D eigenvalue weighted by Crippen LogP contribution is -2.55. The second-order valence-corrected chi connectivity index (χ2v) is 18.0. The van der Waals surface area contributed by atoms with E-state index < -0.39 is 97.7 Å². The lowest BCUT2D eigenvalue weighted by atomic mass is 10.1. The van der Waals surface area contributed by atoms with E-state index in [0.717, 1.165) is 20.1 Å². The molecule has 0 unspecified atom stereocenters.